The summed E-state index contributed by atoms with van der Waals surface area (Å²) in [5.74, 6) is 0. The Balaban J connectivity index is 0.000000293. The average molecular weight is 252 g/mol. The summed E-state index contributed by atoms with van der Waals surface area (Å²) in [6, 6.07) is 10.3. The summed E-state index contributed by atoms with van der Waals surface area (Å²) >= 11 is 3.15. The Morgan fingerprint density at radius 2 is 2.00 bits per heavy atom. The van der Waals surface area contributed by atoms with Gasteiger partial charge in [0.2, 0.25) is 0 Å². The van der Waals surface area contributed by atoms with Gasteiger partial charge in [0, 0.05) is 16.9 Å². The normalized spacial score (nSPS) is 9.36. The Morgan fingerprint density at radius 3 is 2.71 bits per heavy atom. The molecule has 0 spiro atoms. The zero-order chi connectivity index (χ0) is 10.4. The van der Waals surface area contributed by atoms with Gasteiger partial charge in [0.05, 0.1) is 5.52 Å². The van der Waals surface area contributed by atoms with Crippen LogP contribution in [0.3, 0.4) is 0 Å². The van der Waals surface area contributed by atoms with Crippen LogP contribution >= 0.6 is 15.9 Å². The molecule has 0 unspecified atom stereocenters. The maximum Gasteiger partial charge on any atom is 0.0702 e. The maximum absolute atomic E-state index is 4.22. The minimum Gasteiger partial charge on any atom is -0.256 e. The highest BCUT2D eigenvalue weighted by atomic mass is 79.9. The van der Waals surface area contributed by atoms with Crippen molar-refractivity contribution < 1.29 is 0 Å². The number of halogens is 1. The SMILES string of the molecule is CCBr.Cc1ccc2ncccc2c1. The molecule has 0 N–H and O–H groups in total. The van der Waals surface area contributed by atoms with Crippen molar-refractivity contribution in [3.63, 3.8) is 0 Å². The van der Waals surface area contributed by atoms with E-state index in [-0.39, 0.29) is 0 Å². The molecule has 0 fully saturated rings. The average Bonchev–Trinajstić information content (AvgIpc) is 2.19. The largest absolute Gasteiger partial charge is 0.256 e. The molecule has 74 valence electrons. The first-order valence-electron chi connectivity index (χ1n) is 4.65. The molecule has 2 aromatic rings. The summed E-state index contributed by atoms with van der Waals surface area (Å²) in [4.78, 5) is 4.22. The second-order valence-corrected chi connectivity index (χ2v) is 4.09. The number of aryl methyl sites for hydroxylation is 1. The van der Waals surface area contributed by atoms with Gasteiger partial charge in [0.1, 0.15) is 0 Å². The number of hydrogen-bond donors (Lipinski definition) is 0. The Kier molecular flexibility index (Phi) is 4.60. The summed E-state index contributed by atoms with van der Waals surface area (Å²) in [6.07, 6.45) is 1.82. The van der Waals surface area contributed by atoms with Crippen LogP contribution in [0, 0.1) is 6.92 Å². The fourth-order valence-corrected chi connectivity index (χ4v) is 1.20. The summed E-state index contributed by atoms with van der Waals surface area (Å²) in [7, 11) is 0. The third kappa shape index (κ3) is 3.11. The minimum absolute atomic E-state index is 1.06. The first-order chi connectivity index (χ1) is 6.77. The molecule has 0 saturated heterocycles. The molecule has 0 saturated carbocycles. The molecular formula is C12H14BrN. The predicted octanol–water partition coefficient (Wildman–Crippen LogP) is 3.94. The van der Waals surface area contributed by atoms with Crippen molar-refractivity contribution in [3.05, 3.63) is 42.1 Å². The van der Waals surface area contributed by atoms with Crippen LogP contribution in [-0.2, 0) is 0 Å². The van der Waals surface area contributed by atoms with E-state index in [0.29, 0.717) is 0 Å². The van der Waals surface area contributed by atoms with Crippen LogP contribution in [-0.4, -0.2) is 10.3 Å². The number of rotatable bonds is 0. The van der Waals surface area contributed by atoms with Gasteiger partial charge in [-0.2, -0.15) is 0 Å². The fraction of sp³-hybridized carbons (Fsp3) is 0.250. The molecule has 1 heterocycles. The van der Waals surface area contributed by atoms with Crippen molar-refractivity contribution in [1.29, 1.82) is 0 Å². The van der Waals surface area contributed by atoms with Crippen molar-refractivity contribution in [3.8, 4) is 0 Å². The van der Waals surface area contributed by atoms with E-state index in [4.69, 9.17) is 0 Å². The highest BCUT2D eigenvalue weighted by Gasteiger charge is 1.90. The second-order valence-electron chi connectivity index (χ2n) is 2.97. The lowest BCUT2D eigenvalue weighted by Crippen LogP contribution is -1.77. The van der Waals surface area contributed by atoms with Gasteiger partial charge in [-0.15, -0.1) is 0 Å². The lowest BCUT2D eigenvalue weighted by atomic mass is 10.1. The molecule has 1 aromatic heterocycles. The van der Waals surface area contributed by atoms with E-state index in [2.05, 4.69) is 46.0 Å². The van der Waals surface area contributed by atoms with Gasteiger partial charge in [0.25, 0.3) is 0 Å². The standard InChI is InChI=1S/C10H9N.C2H5Br/c1-8-4-5-10-9(7-8)3-2-6-11-10;1-2-3/h2-7H,1H3;2H2,1H3. The van der Waals surface area contributed by atoms with Crippen molar-refractivity contribution in [1.82, 2.24) is 4.98 Å². The van der Waals surface area contributed by atoms with Crippen LogP contribution in [0.4, 0.5) is 0 Å². The highest BCUT2D eigenvalue weighted by molar-refractivity contribution is 9.09. The summed E-state index contributed by atoms with van der Waals surface area (Å²) in [6.45, 7) is 4.13. The molecule has 0 aliphatic carbocycles. The molecule has 1 aromatic carbocycles. The van der Waals surface area contributed by atoms with Crippen LogP contribution in [0.2, 0.25) is 0 Å². The number of benzene rings is 1. The minimum atomic E-state index is 1.06. The van der Waals surface area contributed by atoms with Crippen molar-refractivity contribution in [2.75, 3.05) is 5.33 Å². The first kappa shape index (κ1) is 11.2. The Bertz CT molecular complexity index is 398. The zero-order valence-electron chi connectivity index (χ0n) is 8.50. The molecule has 0 aliphatic rings. The Hall–Kier alpha value is -0.890. The number of fused-ring (bicyclic) bond motifs is 1. The summed E-state index contributed by atoms with van der Waals surface area (Å²) in [5.41, 5.74) is 2.35. The summed E-state index contributed by atoms with van der Waals surface area (Å²) in [5, 5.41) is 2.28. The Morgan fingerprint density at radius 1 is 1.29 bits per heavy atom. The van der Waals surface area contributed by atoms with Gasteiger partial charge in [0.15, 0.2) is 0 Å². The predicted molar refractivity (Wildman–Crippen MR) is 65.9 cm³/mol. The van der Waals surface area contributed by atoms with Crippen molar-refractivity contribution >= 4 is 26.8 Å². The fourth-order valence-electron chi connectivity index (χ4n) is 1.20. The van der Waals surface area contributed by atoms with Gasteiger partial charge in [-0.3, -0.25) is 4.98 Å². The molecule has 0 atom stereocenters. The van der Waals surface area contributed by atoms with Crippen LogP contribution < -0.4 is 0 Å². The van der Waals surface area contributed by atoms with Crippen LogP contribution in [0.15, 0.2) is 36.5 Å². The lowest BCUT2D eigenvalue weighted by molar-refractivity contribution is 1.39. The van der Waals surface area contributed by atoms with E-state index in [0.717, 1.165) is 10.8 Å². The first-order valence-corrected chi connectivity index (χ1v) is 5.77. The molecule has 0 amide bonds. The van der Waals surface area contributed by atoms with Crippen molar-refractivity contribution in [2.24, 2.45) is 0 Å². The molecule has 0 aliphatic heterocycles. The van der Waals surface area contributed by atoms with Gasteiger partial charge in [-0.25, -0.2) is 0 Å². The number of alkyl halides is 1. The quantitative estimate of drug-likeness (QED) is 0.647. The van der Waals surface area contributed by atoms with Gasteiger partial charge in [-0.05, 0) is 25.1 Å². The van der Waals surface area contributed by atoms with E-state index in [1.54, 1.807) is 0 Å². The molecule has 0 bridgehead atoms. The smallest absolute Gasteiger partial charge is 0.0702 e. The van der Waals surface area contributed by atoms with Gasteiger partial charge in [-0.1, -0.05) is 40.5 Å². The van der Waals surface area contributed by atoms with Crippen LogP contribution in [0.25, 0.3) is 10.9 Å². The molecule has 2 rings (SSSR count). The van der Waals surface area contributed by atoms with Crippen LogP contribution in [0.1, 0.15) is 12.5 Å². The molecule has 0 radical (unpaired) electrons. The van der Waals surface area contributed by atoms with E-state index in [1.807, 2.05) is 25.3 Å². The highest BCUT2D eigenvalue weighted by Crippen LogP contribution is 2.11. The van der Waals surface area contributed by atoms with E-state index in [9.17, 15) is 0 Å². The molecular weight excluding hydrogens is 238 g/mol. The number of aromatic nitrogens is 1. The topological polar surface area (TPSA) is 12.9 Å². The van der Waals surface area contributed by atoms with Gasteiger partial charge >= 0.3 is 0 Å². The van der Waals surface area contributed by atoms with E-state index >= 15 is 0 Å². The maximum atomic E-state index is 4.22. The lowest BCUT2D eigenvalue weighted by Gasteiger charge is -1.95. The second kappa shape index (κ2) is 5.76. The molecule has 14 heavy (non-hydrogen) atoms. The number of pyridine rings is 1. The third-order valence-electron chi connectivity index (χ3n) is 1.76. The third-order valence-corrected chi connectivity index (χ3v) is 1.76. The van der Waals surface area contributed by atoms with Gasteiger partial charge < -0.3 is 0 Å². The van der Waals surface area contributed by atoms with E-state index < -0.39 is 0 Å². The molecule has 1 nitrogen and oxygen atoms in total. The molecule has 2 heteroatoms. The van der Waals surface area contributed by atoms with Crippen molar-refractivity contribution in [2.45, 2.75) is 13.8 Å². The zero-order valence-corrected chi connectivity index (χ0v) is 10.1. The Labute approximate surface area is 93.3 Å². The van der Waals surface area contributed by atoms with E-state index in [1.165, 1.54) is 10.9 Å². The van der Waals surface area contributed by atoms with Crippen LogP contribution in [0.5, 0.6) is 0 Å². The number of nitrogens with zero attached hydrogens (tertiary/aromatic N) is 1. The number of hydrogen-bond acceptors (Lipinski definition) is 1. The monoisotopic (exact) mass is 251 g/mol. The summed E-state index contributed by atoms with van der Waals surface area (Å²) < 4.78 is 0.